The van der Waals surface area contributed by atoms with Crippen LogP contribution >= 0.6 is 15.9 Å². The van der Waals surface area contributed by atoms with Crippen molar-refractivity contribution < 1.29 is 13.2 Å². The van der Waals surface area contributed by atoms with Gasteiger partial charge in [0, 0.05) is 21.3 Å². The highest BCUT2D eigenvalue weighted by Crippen LogP contribution is 2.37. The van der Waals surface area contributed by atoms with Crippen LogP contribution in [0.3, 0.4) is 0 Å². The second kappa shape index (κ2) is 7.53. The number of nitrogens with zero attached hydrogens (tertiary/aromatic N) is 1. The second-order valence-corrected chi connectivity index (χ2v) is 9.24. The largest absolute Gasteiger partial charge is 0.494 e. The lowest BCUT2D eigenvalue weighted by atomic mass is 10.1. The summed E-state index contributed by atoms with van der Waals surface area (Å²) in [6.45, 7) is 0. The highest BCUT2D eigenvalue weighted by Gasteiger charge is 2.13. The van der Waals surface area contributed by atoms with Gasteiger partial charge in [0.05, 0.1) is 41.5 Å². The molecule has 4 aromatic rings. The van der Waals surface area contributed by atoms with E-state index in [1.807, 2.05) is 42.5 Å². The van der Waals surface area contributed by atoms with Gasteiger partial charge in [-0.25, -0.2) is 13.4 Å². The average Bonchev–Trinajstić information content (AvgIpc) is 2.68. The van der Waals surface area contributed by atoms with Crippen LogP contribution in [0.5, 0.6) is 5.75 Å². The number of halogens is 1. The number of aromatic nitrogens is 1. The molecule has 0 unspecified atom stereocenters. The fourth-order valence-corrected chi connectivity index (χ4v) is 4.12. The van der Waals surface area contributed by atoms with Crippen molar-refractivity contribution in [3.8, 4) is 5.75 Å². The van der Waals surface area contributed by atoms with Gasteiger partial charge in [-0.3, -0.25) is 4.72 Å². The number of benzene rings is 3. The highest BCUT2D eigenvalue weighted by molar-refractivity contribution is 9.10. The van der Waals surface area contributed by atoms with Gasteiger partial charge >= 0.3 is 0 Å². The Morgan fingerprint density at radius 1 is 0.966 bits per heavy atom. The molecule has 0 radical (unpaired) electrons. The summed E-state index contributed by atoms with van der Waals surface area (Å²) >= 11 is 3.54. The van der Waals surface area contributed by atoms with E-state index < -0.39 is 10.0 Å². The highest BCUT2D eigenvalue weighted by atomic mass is 79.9. The summed E-state index contributed by atoms with van der Waals surface area (Å²) in [6.07, 6.45) is 1.11. The predicted molar refractivity (Wildman–Crippen MR) is 122 cm³/mol. The maximum Gasteiger partial charge on any atom is 0.229 e. The molecule has 0 fully saturated rings. The SMILES string of the molecule is COc1cc(NS(C)(=O)=O)ccc1Nc1c2ccccc2nc2ccc(Br)cc12. The number of nitrogens with one attached hydrogen (secondary N) is 2. The molecule has 4 rings (SSSR count). The van der Waals surface area contributed by atoms with Gasteiger partial charge in [-0.2, -0.15) is 0 Å². The Labute approximate surface area is 177 Å². The summed E-state index contributed by atoms with van der Waals surface area (Å²) in [5, 5.41) is 5.39. The molecular weight excluding hydrogens is 454 g/mol. The fourth-order valence-electron chi connectivity index (χ4n) is 3.20. The Kier molecular flexibility index (Phi) is 5.06. The van der Waals surface area contributed by atoms with Crippen molar-refractivity contribution in [3.05, 3.63) is 65.1 Å². The van der Waals surface area contributed by atoms with E-state index in [1.54, 1.807) is 25.3 Å². The molecule has 8 heteroatoms. The van der Waals surface area contributed by atoms with E-state index in [1.165, 1.54) is 0 Å². The van der Waals surface area contributed by atoms with Crippen LogP contribution in [0, 0.1) is 0 Å². The third kappa shape index (κ3) is 4.13. The Balaban J connectivity index is 1.88. The molecule has 0 aliphatic carbocycles. The molecule has 1 heterocycles. The first-order valence-corrected chi connectivity index (χ1v) is 11.4. The number of hydrogen-bond donors (Lipinski definition) is 2. The number of para-hydroxylation sites is 1. The number of hydrogen-bond acceptors (Lipinski definition) is 5. The summed E-state index contributed by atoms with van der Waals surface area (Å²) in [5.41, 5.74) is 3.78. The van der Waals surface area contributed by atoms with E-state index in [0.29, 0.717) is 17.1 Å². The van der Waals surface area contributed by atoms with Crippen molar-refractivity contribution in [3.63, 3.8) is 0 Å². The predicted octanol–water partition coefficient (Wildman–Crippen LogP) is 5.27. The molecule has 0 aliphatic rings. The zero-order valence-corrected chi connectivity index (χ0v) is 18.1. The molecule has 0 saturated heterocycles. The summed E-state index contributed by atoms with van der Waals surface area (Å²) in [7, 11) is -1.83. The van der Waals surface area contributed by atoms with E-state index in [2.05, 4.69) is 26.0 Å². The van der Waals surface area contributed by atoms with Gasteiger partial charge in [-0.05, 0) is 36.4 Å². The van der Waals surface area contributed by atoms with Crippen molar-refractivity contribution in [2.24, 2.45) is 0 Å². The van der Waals surface area contributed by atoms with Crippen LogP contribution in [-0.4, -0.2) is 26.8 Å². The third-order valence-electron chi connectivity index (χ3n) is 4.41. The van der Waals surface area contributed by atoms with Gasteiger partial charge in [0.25, 0.3) is 0 Å². The van der Waals surface area contributed by atoms with Crippen molar-refractivity contribution >= 4 is 64.8 Å². The molecule has 3 aromatic carbocycles. The zero-order chi connectivity index (χ0) is 20.6. The van der Waals surface area contributed by atoms with E-state index in [9.17, 15) is 8.42 Å². The Morgan fingerprint density at radius 2 is 1.72 bits per heavy atom. The van der Waals surface area contributed by atoms with Crippen LogP contribution in [0.4, 0.5) is 17.1 Å². The molecule has 2 N–H and O–H groups in total. The zero-order valence-electron chi connectivity index (χ0n) is 15.7. The third-order valence-corrected chi connectivity index (χ3v) is 5.51. The molecule has 6 nitrogen and oxygen atoms in total. The number of methoxy groups -OCH3 is 1. The van der Waals surface area contributed by atoms with E-state index in [-0.39, 0.29) is 0 Å². The van der Waals surface area contributed by atoms with Gasteiger partial charge < -0.3 is 10.1 Å². The standard InChI is InChI=1S/C21H18BrN3O3S/c1-28-20-12-14(25-29(2,26)27)8-10-19(20)24-21-15-5-3-4-6-17(15)23-18-9-7-13(22)11-16(18)21/h3-12,25H,1-2H3,(H,23,24). The number of ether oxygens (including phenoxy) is 1. The minimum absolute atomic E-state index is 0.432. The topological polar surface area (TPSA) is 80.3 Å². The maximum absolute atomic E-state index is 11.5. The van der Waals surface area contributed by atoms with Crippen molar-refractivity contribution in [2.45, 2.75) is 0 Å². The smallest absolute Gasteiger partial charge is 0.229 e. The van der Waals surface area contributed by atoms with Gasteiger partial charge in [-0.1, -0.05) is 34.1 Å². The summed E-state index contributed by atoms with van der Waals surface area (Å²) < 4.78 is 32.0. The Morgan fingerprint density at radius 3 is 2.48 bits per heavy atom. The molecule has 1 aromatic heterocycles. The quantitative estimate of drug-likeness (QED) is 0.387. The van der Waals surface area contributed by atoms with Crippen molar-refractivity contribution in [1.29, 1.82) is 0 Å². The van der Waals surface area contributed by atoms with E-state index in [4.69, 9.17) is 9.72 Å². The maximum atomic E-state index is 11.5. The Hall–Kier alpha value is -2.84. The molecule has 0 bridgehead atoms. The van der Waals surface area contributed by atoms with Crippen molar-refractivity contribution in [1.82, 2.24) is 4.98 Å². The fraction of sp³-hybridized carbons (Fsp3) is 0.0952. The number of pyridine rings is 1. The minimum Gasteiger partial charge on any atom is -0.494 e. The lowest BCUT2D eigenvalue weighted by Crippen LogP contribution is -2.09. The van der Waals surface area contributed by atoms with Crippen LogP contribution < -0.4 is 14.8 Å². The van der Waals surface area contributed by atoms with Crippen LogP contribution in [0.15, 0.2) is 65.1 Å². The van der Waals surface area contributed by atoms with E-state index >= 15 is 0 Å². The van der Waals surface area contributed by atoms with Crippen molar-refractivity contribution in [2.75, 3.05) is 23.4 Å². The minimum atomic E-state index is -3.38. The van der Waals surface area contributed by atoms with Crippen LogP contribution in [0.2, 0.25) is 0 Å². The molecule has 0 aliphatic heterocycles. The first-order chi connectivity index (χ1) is 13.8. The molecular formula is C21H18BrN3O3S. The normalized spacial score (nSPS) is 11.6. The molecule has 0 saturated carbocycles. The van der Waals surface area contributed by atoms with Gasteiger partial charge in [-0.15, -0.1) is 0 Å². The number of rotatable bonds is 5. The van der Waals surface area contributed by atoms with E-state index in [0.717, 1.165) is 38.2 Å². The first kappa shape index (κ1) is 19.5. The Bertz CT molecular complexity index is 1340. The number of sulfonamides is 1. The van der Waals surface area contributed by atoms with Gasteiger partial charge in [0.2, 0.25) is 10.0 Å². The summed E-state index contributed by atoms with van der Waals surface area (Å²) in [4.78, 5) is 4.75. The van der Waals surface area contributed by atoms with Crippen LogP contribution in [-0.2, 0) is 10.0 Å². The lowest BCUT2D eigenvalue weighted by Gasteiger charge is -2.17. The summed E-state index contributed by atoms with van der Waals surface area (Å²) in [5.74, 6) is 0.516. The molecule has 0 spiro atoms. The summed E-state index contributed by atoms with van der Waals surface area (Å²) in [6, 6.07) is 19.0. The van der Waals surface area contributed by atoms with Gasteiger partial charge in [0.15, 0.2) is 0 Å². The number of fused-ring (bicyclic) bond motifs is 2. The van der Waals surface area contributed by atoms with Crippen LogP contribution in [0.1, 0.15) is 0 Å². The molecule has 0 atom stereocenters. The lowest BCUT2D eigenvalue weighted by molar-refractivity contribution is 0.417. The second-order valence-electron chi connectivity index (χ2n) is 6.58. The van der Waals surface area contributed by atoms with Crippen LogP contribution in [0.25, 0.3) is 21.8 Å². The van der Waals surface area contributed by atoms with Gasteiger partial charge in [0.1, 0.15) is 5.75 Å². The molecule has 29 heavy (non-hydrogen) atoms. The monoisotopic (exact) mass is 471 g/mol. The number of anilines is 3. The first-order valence-electron chi connectivity index (χ1n) is 8.75. The average molecular weight is 472 g/mol. The molecule has 0 amide bonds. The molecule has 148 valence electrons.